The molecule has 21 heavy (non-hydrogen) atoms. The van der Waals surface area contributed by atoms with E-state index >= 15 is 0 Å². The van der Waals surface area contributed by atoms with Crippen LogP contribution in [-0.2, 0) is 9.59 Å². The summed E-state index contributed by atoms with van der Waals surface area (Å²) in [6, 6.07) is 0. The van der Waals surface area contributed by atoms with Gasteiger partial charge in [-0.25, -0.2) is 0 Å². The van der Waals surface area contributed by atoms with Gasteiger partial charge in [0.15, 0.2) is 0 Å². The van der Waals surface area contributed by atoms with Gasteiger partial charge in [-0.05, 0) is 18.9 Å². The average Bonchev–Trinajstić information content (AvgIpc) is 2.43. The van der Waals surface area contributed by atoms with Crippen molar-refractivity contribution >= 4 is 11.8 Å². The van der Waals surface area contributed by atoms with Crippen LogP contribution in [0.4, 0.5) is 0 Å². The molecule has 0 unspecified atom stereocenters. The van der Waals surface area contributed by atoms with E-state index in [1.807, 2.05) is 18.7 Å². The molecule has 0 aromatic carbocycles. The number of hydrogen-bond acceptors (Lipinski definition) is 3. The smallest absolute Gasteiger partial charge is 0.222 e. The molecule has 1 aliphatic heterocycles. The molecule has 0 aromatic heterocycles. The monoisotopic (exact) mass is 297 g/mol. The number of hydrogen-bond donors (Lipinski definition) is 1. The van der Waals surface area contributed by atoms with Gasteiger partial charge in [0.05, 0.1) is 0 Å². The summed E-state index contributed by atoms with van der Waals surface area (Å²) in [6.45, 7) is 13.3. The molecule has 122 valence electrons. The van der Waals surface area contributed by atoms with E-state index in [2.05, 4.69) is 24.1 Å². The quantitative estimate of drug-likeness (QED) is 0.722. The molecule has 0 aliphatic carbocycles. The van der Waals surface area contributed by atoms with Crippen LogP contribution in [0.3, 0.4) is 0 Å². The predicted molar refractivity (Wildman–Crippen MR) is 84.9 cm³/mol. The van der Waals surface area contributed by atoms with E-state index in [-0.39, 0.29) is 17.7 Å². The van der Waals surface area contributed by atoms with Crippen molar-refractivity contribution in [1.29, 1.82) is 0 Å². The fourth-order valence-electron chi connectivity index (χ4n) is 2.42. The maximum absolute atomic E-state index is 12.0. The lowest BCUT2D eigenvalue weighted by molar-refractivity contribution is -0.133. The van der Waals surface area contributed by atoms with Gasteiger partial charge in [-0.3, -0.25) is 14.5 Å². The molecular formula is C16H31N3O2. The van der Waals surface area contributed by atoms with Crippen LogP contribution in [0.1, 0.15) is 40.5 Å². The lowest BCUT2D eigenvalue weighted by Crippen LogP contribution is -2.49. The zero-order valence-electron chi connectivity index (χ0n) is 14.0. The summed E-state index contributed by atoms with van der Waals surface area (Å²) < 4.78 is 0. The van der Waals surface area contributed by atoms with Gasteiger partial charge in [0, 0.05) is 45.1 Å². The van der Waals surface area contributed by atoms with E-state index in [0.29, 0.717) is 12.3 Å². The molecule has 1 rings (SSSR count). The Morgan fingerprint density at radius 1 is 1.05 bits per heavy atom. The highest BCUT2D eigenvalue weighted by molar-refractivity contribution is 5.77. The van der Waals surface area contributed by atoms with Gasteiger partial charge in [0.1, 0.15) is 0 Å². The molecule has 1 aliphatic rings. The number of nitrogens with one attached hydrogen (secondary N) is 1. The third-order valence-corrected chi connectivity index (χ3v) is 3.78. The van der Waals surface area contributed by atoms with Crippen molar-refractivity contribution < 1.29 is 9.59 Å². The minimum Gasteiger partial charge on any atom is -0.356 e. The topological polar surface area (TPSA) is 52.7 Å². The fraction of sp³-hybridized carbons (Fsp3) is 0.875. The first-order valence-corrected chi connectivity index (χ1v) is 8.18. The Hall–Kier alpha value is -1.10. The minimum atomic E-state index is 0.0560. The molecule has 0 radical (unpaired) electrons. The molecule has 0 aromatic rings. The molecule has 1 fully saturated rings. The molecule has 0 spiro atoms. The molecule has 5 nitrogen and oxygen atoms in total. The highest BCUT2D eigenvalue weighted by Crippen LogP contribution is 2.08. The Morgan fingerprint density at radius 3 is 2.19 bits per heavy atom. The SMILES string of the molecule is CC(C)CC(=O)N1CCN(CCCNC(=O)C(C)C)CC1. The average molecular weight is 297 g/mol. The maximum atomic E-state index is 12.0. The van der Waals surface area contributed by atoms with Crippen LogP contribution in [0.5, 0.6) is 0 Å². The van der Waals surface area contributed by atoms with E-state index in [4.69, 9.17) is 0 Å². The van der Waals surface area contributed by atoms with Gasteiger partial charge in [-0.1, -0.05) is 27.7 Å². The molecule has 0 atom stereocenters. The Bertz CT molecular complexity index is 334. The van der Waals surface area contributed by atoms with Gasteiger partial charge in [0.2, 0.25) is 11.8 Å². The second-order valence-electron chi connectivity index (χ2n) is 6.62. The van der Waals surface area contributed by atoms with E-state index < -0.39 is 0 Å². The molecule has 1 heterocycles. The van der Waals surface area contributed by atoms with Crippen molar-refractivity contribution in [2.45, 2.75) is 40.5 Å². The number of amides is 2. The summed E-state index contributed by atoms with van der Waals surface area (Å²) >= 11 is 0. The van der Waals surface area contributed by atoms with Crippen molar-refractivity contribution in [3.8, 4) is 0 Å². The minimum absolute atomic E-state index is 0.0560. The number of carbonyl (C=O) groups excluding carboxylic acids is 2. The normalized spacial score (nSPS) is 16.6. The second kappa shape index (κ2) is 9.03. The first kappa shape index (κ1) is 18.0. The third kappa shape index (κ3) is 6.93. The lowest BCUT2D eigenvalue weighted by atomic mass is 10.1. The molecular weight excluding hydrogens is 266 g/mol. The van der Waals surface area contributed by atoms with Crippen molar-refractivity contribution in [3.63, 3.8) is 0 Å². The highest BCUT2D eigenvalue weighted by atomic mass is 16.2. The molecule has 0 saturated carbocycles. The summed E-state index contributed by atoms with van der Waals surface area (Å²) in [5.74, 6) is 0.897. The van der Waals surface area contributed by atoms with Crippen molar-refractivity contribution in [3.05, 3.63) is 0 Å². The molecule has 1 N–H and O–H groups in total. The van der Waals surface area contributed by atoms with Crippen molar-refractivity contribution in [2.24, 2.45) is 11.8 Å². The van der Waals surface area contributed by atoms with Gasteiger partial charge in [-0.15, -0.1) is 0 Å². The van der Waals surface area contributed by atoms with Crippen LogP contribution < -0.4 is 5.32 Å². The van der Waals surface area contributed by atoms with Crippen LogP contribution >= 0.6 is 0 Å². The van der Waals surface area contributed by atoms with Gasteiger partial charge >= 0.3 is 0 Å². The summed E-state index contributed by atoms with van der Waals surface area (Å²) in [7, 11) is 0. The van der Waals surface area contributed by atoms with Crippen LogP contribution in [0.15, 0.2) is 0 Å². The van der Waals surface area contributed by atoms with E-state index in [0.717, 1.165) is 45.7 Å². The Labute approximate surface area is 129 Å². The summed E-state index contributed by atoms with van der Waals surface area (Å²) in [6.07, 6.45) is 1.62. The summed E-state index contributed by atoms with van der Waals surface area (Å²) in [5.41, 5.74) is 0. The number of rotatable bonds is 7. The number of piperazine rings is 1. The van der Waals surface area contributed by atoms with Gasteiger partial charge in [0.25, 0.3) is 0 Å². The maximum Gasteiger partial charge on any atom is 0.222 e. The van der Waals surface area contributed by atoms with Crippen LogP contribution in [-0.4, -0.2) is 60.9 Å². The molecule has 0 bridgehead atoms. The van der Waals surface area contributed by atoms with E-state index in [1.165, 1.54) is 0 Å². The third-order valence-electron chi connectivity index (χ3n) is 3.78. The fourth-order valence-corrected chi connectivity index (χ4v) is 2.42. The van der Waals surface area contributed by atoms with E-state index in [1.54, 1.807) is 0 Å². The molecule has 2 amide bonds. The Balaban J connectivity index is 2.13. The van der Waals surface area contributed by atoms with Crippen molar-refractivity contribution in [2.75, 3.05) is 39.3 Å². The molecule has 5 heteroatoms. The number of nitrogens with zero attached hydrogens (tertiary/aromatic N) is 2. The lowest BCUT2D eigenvalue weighted by Gasteiger charge is -2.35. The van der Waals surface area contributed by atoms with Crippen LogP contribution in [0, 0.1) is 11.8 Å². The van der Waals surface area contributed by atoms with Crippen molar-refractivity contribution in [1.82, 2.24) is 15.1 Å². The largest absolute Gasteiger partial charge is 0.356 e. The van der Waals surface area contributed by atoms with Gasteiger partial charge < -0.3 is 10.2 Å². The first-order chi connectivity index (χ1) is 9.90. The Morgan fingerprint density at radius 2 is 1.67 bits per heavy atom. The summed E-state index contributed by atoms with van der Waals surface area (Å²) in [4.78, 5) is 27.8. The molecule has 1 saturated heterocycles. The highest BCUT2D eigenvalue weighted by Gasteiger charge is 2.21. The van der Waals surface area contributed by atoms with Crippen LogP contribution in [0.2, 0.25) is 0 Å². The second-order valence-corrected chi connectivity index (χ2v) is 6.62. The number of carbonyl (C=O) groups is 2. The van der Waals surface area contributed by atoms with Crippen LogP contribution in [0.25, 0.3) is 0 Å². The Kier molecular flexibility index (Phi) is 7.72. The zero-order chi connectivity index (χ0) is 15.8. The predicted octanol–water partition coefficient (Wildman–Crippen LogP) is 1.34. The summed E-state index contributed by atoms with van der Waals surface area (Å²) in [5, 5.41) is 2.94. The van der Waals surface area contributed by atoms with E-state index in [9.17, 15) is 9.59 Å². The van der Waals surface area contributed by atoms with Gasteiger partial charge in [-0.2, -0.15) is 0 Å². The zero-order valence-corrected chi connectivity index (χ0v) is 14.0. The standard InChI is InChI=1S/C16H31N3O2/c1-13(2)12-15(20)19-10-8-18(9-11-19)7-5-6-17-16(21)14(3)4/h13-14H,5-12H2,1-4H3,(H,17,21). The first-order valence-electron chi connectivity index (χ1n) is 8.18.